The van der Waals surface area contributed by atoms with Gasteiger partial charge in [-0.25, -0.2) is 0 Å². The Kier molecular flexibility index (Phi) is 3.62. The Morgan fingerprint density at radius 2 is 1.05 bits per heavy atom. The molecule has 0 amide bonds. The number of nitrogens with zero attached hydrogens (tertiary/aromatic N) is 1. The largest absolute Gasteiger partial charge is 0.399 e. The van der Waals surface area contributed by atoms with Crippen molar-refractivity contribution in [3.63, 3.8) is 0 Å². The van der Waals surface area contributed by atoms with E-state index >= 15 is 0 Å². The first-order valence-corrected chi connectivity index (χ1v) is 7.07. The molecule has 0 aromatic heterocycles. The lowest BCUT2D eigenvalue weighted by Gasteiger charge is -2.08. The van der Waals surface area contributed by atoms with Crippen molar-refractivity contribution in [2.75, 3.05) is 11.5 Å². The highest BCUT2D eigenvalue weighted by atomic mass is 15.0. The molecule has 0 spiro atoms. The van der Waals surface area contributed by atoms with Gasteiger partial charge in [-0.2, -0.15) is 4.58 Å². The minimum absolute atomic E-state index is 0.745. The molecule has 3 rings (SSSR count). The summed E-state index contributed by atoms with van der Waals surface area (Å²) in [5.74, 6) is 0. The first-order valence-electron chi connectivity index (χ1n) is 7.07. The number of benzene rings is 2. The number of nitrogen functional groups attached to an aromatic ring is 2. The maximum Gasteiger partial charge on any atom is 0.211 e. The van der Waals surface area contributed by atoms with E-state index in [-0.39, 0.29) is 0 Å². The second kappa shape index (κ2) is 5.74. The number of nitrogens with two attached hydrogens (primary N) is 2. The van der Waals surface area contributed by atoms with Crippen LogP contribution in [0.1, 0.15) is 0 Å². The van der Waals surface area contributed by atoms with Gasteiger partial charge in [-0.1, -0.05) is 6.58 Å². The van der Waals surface area contributed by atoms with Crippen LogP contribution in [0.2, 0.25) is 0 Å². The van der Waals surface area contributed by atoms with Gasteiger partial charge >= 0.3 is 0 Å². The van der Waals surface area contributed by atoms with E-state index < -0.39 is 0 Å². The number of hydrogen-bond acceptors (Lipinski definition) is 2. The molecule has 1 aliphatic rings. The molecule has 22 heavy (non-hydrogen) atoms. The van der Waals surface area contributed by atoms with Crippen LogP contribution in [0.15, 0.2) is 85.0 Å². The molecule has 0 radical (unpaired) electrons. The standard InChI is InChI=1S/C19H18N3/c1-14-2-8-17(9-3-14)22(18-10-4-15(20)5-11-18)19-12-6-16(21)7-13-19/h2-13H,1,20-21H2/q+1. The average molecular weight is 288 g/mol. The molecule has 0 bridgehead atoms. The quantitative estimate of drug-likeness (QED) is 0.652. The molecule has 0 aliphatic heterocycles. The molecule has 4 N–H and O–H groups in total. The molecule has 0 saturated heterocycles. The third-order valence-corrected chi connectivity index (χ3v) is 3.50. The van der Waals surface area contributed by atoms with Crippen LogP contribution in [0.25, 0.3) is 0 Å². The molecule has 0 saturated carbocycles. The Labute approximate surface area is 130 Å². The summed E-state index contributed by atoms with van der Waals surface area (Å²) in [7, 11) is 0. The topological polar surface area (TPSA) is 55.0 Å². The van der Waals surface area contributed by atoms with Crippen LogP contribution in [-0.4, -0.2) is 5.71 Å². The summed E-state index contributed by atoms with van der Waals surface area (Å²) in [6.07, 6.45) is 8.10. The Bertz CT molecular complexity index is 726. The molecule has 2 aromatic rings. The van der Waals surface area contributed by atoms with Gasteiger partial charge in [0.25, 0.3) is 0 Å². The maximum absolute atomic E-state index is 5.80. The fourth-order valence-corrected chi connectivity index (χ4v) is 2.34. The molecule has 0 fully saturated rings. The maximum atomic E-state index is 5.80. The first-order chi connectivity index (χ1) is 10.6. The lowest BCUT2D eigenvalue weighted by atomic mass is 10.1. The van der Waals surface area contributed by atoms with Crippen LogP contribution in [0, 0.1) is 0 Å². The van der Waals surface area contributed by atoms with Crippen LogP contribution >= 0.6 is 0 Å². The highest BCUT2D eigenvalue weighted by molar-refractivity contribution is 6.08. The van der Waals surface area contributed by atoms with Gasteiger partial charge in [0, 0.05) is 47.8 Å². The van der Waals surface area contributed by atoms with Gasteiger partial charge in [0.05, 0.1) is 0 Å². The van der Waals surface area contributed by atoms with E-state index in [0.29, 0.717) is 0 Å². The van der Waals surface area contributed by atoms with Crippen LogP contribution in [-0.2, 0) is 0 Å². The van der Waals surface area contributed by atoms with Crippen molar-refractivity contribution in [3.05, 3.63) is 85.0 Å². The molecule has 2 aromatic carbocycles. The Hall–Kier alpha value is -3.07. The van der Waals surface area contributed by atoms with Crippen molar-refractivity contribution in [2.24, 2.45) is 0 Å². The normalized spacial score (nSPS) is 13.5. The molecular formula is C19H18N3+. The van der Waals surface area contributed by atoms with Crippen molar-refractivity contribution in [1.29, 1.82) is 0 Å². The van der Waals surface area contributed by atoms with Gasteiger partial charge in [0.15, 0.2) is 0 Å². The van der Waals surface area contributed by atoms with E-state index in [1.54, 1.807) is 0 Å². The van der Waals surface area contributed by atoms with Crippen molar-refractivity contribution in [2.45, 2.75) is 0 Å². The van der Waals surface area contributed by atoms with E-state index in [2.05, 4.69) is 23.3 Å². The van der Waals surface area contributed by atoms with Gasteiger partial charge in [-0.05, 0) is 42.0 Å². The summed E-state index contributed by atoms with van der Waals surface area (Å²) < 4.78 is 2.15. The second-order valence-electron chi connectivity index (χ2n) is 5.18. The zero-order valence-corrected chi connectivity index (χ0v) is 12.2. The summed E-state index contributed by atoms with van der Waals surface area (Å²) in [5, 5.41) is 0. The van der Waals surface area contributed by atoms with Crippen molar-refractivity contribution in [1.82, 2.24) is 4.58 Å². The van der Waals surface area contributed by atoms with E-state index in [4.69, 9.17) is 11.5 Å². The van der Waals surface area contributed by atoms with Gasteiger partial charge in [-0.15, -0.1) is 0 Å². The first kappa shape index (κ1) is 13.9. The van der Waals surface area contributed by atoms with Gasteiger partial charge in [0.2, 0.25) is 17.1 Å². The van der Waals surface area contributed by atoms with Gasteiger partial charge < -0.3 is 11.5 Å². The lowest BCUT2D eigenvalue weighted by molar-refractivity contribution is 1.09. The van der Waals surface area contributed by atoms with E-state index in [1.807, 2.05) is 60.7 Å². The number of allylic oxidation sites excluding steroid dienone is 5. The Morgan fingerprint density at radius 3 is 1.45 bits per heavy atom. The summed E-state index contributed by atoms with van der Waals surface area (Å²) >= 11 is 0. The van der Waals surface area contributed by atoms with Crippen LogP contribution in [0.4, 0.5) is 22.7 Å². The third kappa shape index (κ3) is 2.83. The molecular weight excluding hydrogens is 270 g/mol. The van der Waals surface area contributed by atoms with Gasteiger partial charge in [-0.3, -0.25) is 0 Å². The molecule has 3 heteroatoms. The third-order valence-electron chi connectivity index (χ3n) is 3.50. The molecule has 0 heterocycles. The summed E-state index contributed by atoms with van der Waals surface area (Å²) in [6, 6.07) is 15.6. The van der Waals surface area contributed by atoms with Gasteiger partial charge in [0.1, 0.15) is 0 Å². The number of rotatable bonds is 2. The van der Waals surface area contributed by atoms with E-state index in [0.717, 1.165) is 34.0 Å². The molecule has 108 valence electrons. The summed E-state index contributed by atoms with van der Waals surface area (Å²) in [4.78, 5) is 0. The zero-order valence-electron chi connectivity index (χ0n) is 12.2. The minimum Gasteiger partial charge on any atom is -0.399 e. The molecule has 1 aliphatic carbocycles. The molecule has 0 unspecified atom stereocenters. The molecule has 0 atom stereocenters. The average Bonchev–Trinajstić information content (AvgIpc) is 2.53. The summed E-state index contributed by atoms with van der Waals surface area (Å²) in [5.41, 5.74) is 17.2. The highest BCUT2D eigenvalue weighted by Gasteiger charge is 2.18. The SMILES string of the molecule is C=C1C=CC(=[N+](c2ccc(N)cc2)c2ccc(N)cc2)C=C1. The van der Waals surface area contributed by atoms with Crippen LogP contribution < -0.4 is 16.0 Å². The fourth-order valence-electron chi connectivity index (χ4n) is 2.34. The van der Waals surface area contributed by atoms with E-state index in [1.165, 1.54) is 0 Å². The predicted octanol–water partition coefficient (Wildman–Crippen LogP) is 3.81. The van der Waals surface area contributed by atoms with Crippen molar-refractivity contribution in [3.8, 4) is 0 Å². The minimum atomic E-state index is 0.745. The fraction of sp³-hybridized carbons (Fsp3) is 0. The van der Waals surface area contributed by atoms with E-state index in [9.17, 15) is 0 Å². The molecule has 3 nitrogen and oxygen atoms in total. The Morgan fingerprint density at radius 1 is 0.636 bits per heavy atom. The van der Waals surface area contributed by atoms with Crippen molar-refractivity contribution < 1.29 is 0 Å². The predicted molar refractivity (Wildman–Crippen MR) is 95.6 cm³/mol. The second-order valence-corrected chi connectivity index (χ2v) is 5.18. The number of anilines is 2. The smallest absolute Gasteiger partial charge is 0.211 e. The highest BCUT2D eigenvalue weighted by Crippen LogP contribution is 2.24. The number of hydrogen-bond donors (Lipinski definition) is 2. The zero-order chi connectivity index (χ0) is 15.5. The summed E-state index contributed by atoms with van der Waals surface area (Å²) in [6.45, 7) is 3.94. The van der Waals surface area contributed by atoms with Crippen LogP contribution in [0.5, 0.6) is 0 Å². The lowest BCUT2D eigenvalue weighted by Crippen LogP contribution is -2.14. The Balaban J connectivity index is 2.18. The van der Waals surface area contributed by atoms with Crippen LogP contribution in [0.3, 0.4) is 0 Å². The van der Waals surface area contributed by atoms with Crippen molar-refractivity contribution >= 4 is 28.5 Å². The monoisotopic (exact) mass is 288 g/mol.